The number of aliphatic imine (C=N–C) groups is 1. The van der Waals surface area contributed by atoms with Crippen LogP contribution in [0, 0.1) is 5.92 Å². The second-order valence-corrected chi connectivity index (χ2v) is 2.05. The Labute approximate surface area is 51.1 Å². The van der Waals surface area contributed by atoms with Gasteiger partial charge in [0, 0.05) is 6.21 Å². The summed E-state index contributed by atoms with van der Waals surface area (Å²) in [6.07, 6.45) is 3.72. The van der Waals surface area contributed by atoms with Crippen LogP contribution in [0.4, 0.5) is 0 Å². The third-order valence-corrected chi connectivity index (χ3v) is 0.638. The summed E-state index contributed by atoms with van der Waals surface area (Å²) in [7, 11) is 0. The summed E-state index contributed by atoms with van der Waals surface area (Å²) in [6, 6.07) is 0. The maximum atomic E-state index is 4.05. The molecule has 0 N–H and O–H groups in total. The molecule has 0 bridgehead atoms. The molecule has 0 saturated carbocycles. The highest BCUT2D eigenvalue weighted by Gasteiger charge is 1.80. The highest BCUT2D eigenvalue weighted by Crippen LogP contribution is 1.84. The van der Waals surface area contributed by atoms with Crippen molar-refractivity contribution >= 4 is 6.21 Å². The number of hydrogen-bond acceptors (Lipinski definition) is 1. The molecule has 46 valence electrons. The lowest BCUT2D eigenvalue weighted by Gasteiger charge is -1.89. The smallest absolute Gasteiger partial charge is 0.0563 e. The first-order chi connectivity index (χ1) is 3.77. The lowest BCUT2D eigenvalue weighted by Crippen LogP contribution is -1.86. The van der Waals surface area contributed by atoms with E-state index in [1.807, 2.05) is 6.21 Å². The van der Waals surface area contributed by atoms with E-state index in [2.05, 4.69) is 25.4 Å². The Morgan fingerprint density at radius 2 is 2.25 bits per heavy atom. The summed E-state index contributed by atoms with van der Waals surface area (Å²) in [6.45, 7) is 8.50. The number of nitrogens with zero attached hydrogens (tertiary/aromatic N) is 1. The Kier molecular flexibility index (Phi) is 4.23. The monoisotopic (exact) mass is 111 g/mol. The fourth-order valence-corrected chi connectivity index (χ4v) is 0.346. The fourth-order valence-electron chi connectivity index (χ4n) is 0.346. The van der Waals surface area contributed by atoms with Gasteiger partial charge in [-0.05, 0) is 5.92 Å². The van der Waals surface area contributed by atoms with Crippen molar-refractivity contribution in [2.75, 3.05) is 6.54 Å². The van der Waals surface area contributed by atoms with E-state index in [9.17, 15) is 0 Å². The molecule has 0 aliphatic heterocycles. The van der Waals surface area contributed by atoms with Gasteiger partial charge in [-0.3, -0.25) is 4.99 Å². The van der Waals surface area contributed by atoms with Gasteiger partial charge >= 0.3 is 0 Å². The quantitative estimate of drug-likeness (QED) is 0.389. The summed E-state index contributed by atoms with van der Waals surface area (Å²) in [5.41, 5.74) is 0. The Morgan fingerprint density at radius 3 is 2.62 bits per heavy atom. The van der Waals surface area contributed by atoms with E-state index in [0.29, 0.717) is 5.92 Å². The van der Waals surface area contributed by atoms with E-state index in [1.54, 1.807) is 6.08 Å². The van der Waals surface area contributed by atoms with Crippen molar-refractivity contribution in [2.45, 2.75) is 13.8 Å². The zero-order chi connectivity index (χ0) is 6.41. The molecule has 0 saturated heterocycles. The average molecular weight is 111 g/mol. The van der Waals surface area contributed by atoms with Crippen molar-refractivity contribution in [2.24, 2.45) is 10.9 Å². The van der Waals surface area contributed by atoms with Crippen LogP contribution in [0.15, 0.2) is 17.6 Å². The summed E-state index contributed by atoms with van der Waals surface area (Å²) < 4.78 is 0. The summed E-state index contributed by atoms with van der Waals surface area (Å²) in [4.78, 5) is 4.05. The van der Waals surface area contributed by atoms with E-state index in [0.717, 1.165) is 6.54 Å². The van der Waals surface area contributed by atoms with Gasteiger partial charge < -0.3 is 0 Å². The topological polar surface area (TPSA) is 12.4 Å². The van der Waals surface area contributed by atoms with Gasteiger partial charge in [0.2, 0.25) is 0 Å². The molecule has 0 radical (unpaired) electrons. The standard InChI is InChI=1S/C7H13N/c1-4-5-8-6-7(2)3/h4,6-7H,1,5H2,2-3H3. The molecule has 0 aliphatic carbocycles. The molecular formula is C7H13N. The maximum Gasteiger partial charge on any atom is 0.0563 e. The van der Waals surface area contributed by atoms with Gasteiger partial charge in [0.15, 0.2) is 0 Å². The molecule has 0 fully saturated rings. The van der Waals surface area contributed by atoms with Crippen LogP contribution in [0.25, 0.3) is 0 Å². The second-order valence-electron chi connectivity index (χ2n) is 2.05. The Bertz CT molecular complexity index is 82.4. The van der Waals surface area contributed by atoms with Crippen LogP contribution in [0.2, 0.25) is 0 Å². The summed E-state index contributed by atoms with van der Waals surface area (Å²) >= 11 is 0. The SMILES string of the molecule is C=CCN=CC(C)C. The maximum absolute atomic E-state index is 4.05. The van der Waals surface area contributed by atoms with Crippen LogP contribution in [-0.2, 0) is 0 Å². The molecule has 0 aromatic rings. The molecule has 0 heterocycles. The Balaban J connectivity index is 3.19. The van der Waals surface area contributed by atoms with Crippen LogP contribution in [-0.4, -0.2) is 12.8 Å². The predicted octanol–water partition coefficient (Wildman–Crippen LogP) is 1.90. The number of hydrogen-bond donors (Lipinski definition) is 0. The van der Waals surface area contributed by atoms with Crippen LogP contribution < -0.4 is 0 Å². The minimum atomic E-state index is 0.565. The largest absolute Gasteiger partial charge is 0.293 e. The zero-order valence-corrected chi connectivity index (χ0v) is 5.59. The normalized spacial score (nSPS) is 10.9. The Hall–Kier alpha value is -0.590. The van der Waals surface area contributed by atoms with Crippen molar-refractivity contribution in [1.29, 1.82) is 0 Å². The van der Waals surface area contributed by atoms with Gasteiger partial charge in [-0.15, -0.1) is 6.58 Å². The fraction of sp³-hybridized carbons (Fsp3) is 0.571. The molecular weight excluding hydrogens is 98.1 g/mol. The highest BCUT2D eigenvalue weighted by atomic mass is 14.7. The molecule has 0 unspecified atom stereocenters. The molecule has 0 aromatic carbocycles. The zero-order valence-electron chi connectivity index (χ0n) is 5.59. The van der Waals surface area contributed by atoms with E-state index in [-0.39, 0.29) is 0 Å². The molecule has 0 spiro atoms. The minimum Gasteiger partial charge on any atom is -0.293 e. The van der Waals surface area contributed by atoms with Crippen molar-refractivity contribution in [1.82, 2.24) is 0 Å². The molecule has 0 atom stereocenters. The molecule has 0 amide bonds. The Morgan fingerprint density at radius 1 is 1.62 bits per heavy atom. The summed E-state index contributed by atoms with van der Waals surface area (Å²) in [5, 5.41) is 0. The van der Waals surface area contributed by atoms with Crippen LogP contribution in [0.3, 0.4) is 0 Å². The lowest BCUT2D eigenvalue weighted by atomic mass is 10.2. The molecule has 8 heavy (non-hydrogen) atoms. The van der Waals surface area contributed by atoms with Crippen molar-refractivity contribution in [3.05, 3.63) is 12.7 Å². The van der Waals surface area contributed by atoms with Gasteiger partial charge in [0.25, 0.3) is 0 Å². The molecule has 1 nitrogen and oxygen atoms in total. The molecule has 0 aromatic heterocycles. The first kappa shape index (κ1) is 7.41. The van der Waals surface area contributed by atoms with Crippen molar-refractivity contribution < 1.29 is 0 Å². The third-order valence-electron chi connectivity index (χ3n) is 0.638. The second kappa shape index (κ2) is 4.57. The van der Waals surface area contributed by atoms with E-state index in [4.69, 9.17) is 0 Å². The van der Waals surface area contributed by atoms with Gasteiger partial charge in [-0.25, -0.2) is 0 Å². The first-order valence-electron chi connectivity index (χ1n) is 2.88. The van der Waals surface area contributed by atoms with E-state index < -0.39 is 0 Å². The molecule has 1 heteroatoms. The number of rotatable bonds is 3. The van der Waals surface area contributed by atoms with Gasteiger partial charge in [-0.1, -0.05) is 19.9 Å². The summed E-state index contributed by atoms with van der Waals surface area (Å²) in [5.74, 6) is 0.565. The van der Waals surface area contributed by atoms with Crippen LogP contribution in [0.5, 0.6) is 0 Å². The van der Waals surface area contributed by atoms with Crippen LogP contribution in [0.1, 0.15) is 13.8 Å². The van der Waals surface area contributed by atoms with Crippen LogP contribution >= 0.6 is 0 Å². The minimum absolute atomic E-state index is 0.565. The lowest BCUT2D eigenvalue weighted by molar-refractivity contribution is 0.901. The highest BCUT2D eigenvalue weighted by molar-refractivity contribution is 5.59. The van der Waals surface area contributed by atoms with Crippen molar-refractivity contribution in [3.8, 4) is 0 Å². The van der Waals surface area contributed by atoms with Gasteiger partial charge in [0.1, 0.15) is 0 Å². The average Bonchev–Trinajstić information content (AvgIpc) is 1.66. The first-order valence-corrected chi connectivity index (χ1v) is 2.88. The van der Waals surface area contributed by atoms with Crippen molar-refractivity contribution in [3.63, 3.8) is 0 Å². The van der Waals surface area contributed by atoms with Gasteiger partial charge in [0.05, 0.1) is 6.54 Å². The van der Waals surface area contributed by atoms with E-state index >= 15 is 0 Å². The molecule has 0 aliphatic rings. The van der Waals surface area contributed by atoms with Gasteiger partial charge in [-0.2, -0.15) is 0 Å². The predicted molar refractivity (Wildman–Crippen MR) is 38.4 cm³/mol. The third kappa shape index (κ3) is 5.41. The van der Waals surface area contributed by atoms with E-state index in [1.165, 1.54) is 0 Å². The molecule has 0 rings (SSSR count).